The highest BCUT2D eigenvalue weighted by Gasteiger charge is 2.25. The number of nitrogens with one attached hydrogen (secondary N) is 1. The van der Waals surface area contributed by atoms with Gasteiger partial charge in [-0.15, -0.1) is 0 Å². The Labute approximate surface area is 73.8 Å². The Balaban J connectivity index is 2.51. The van der Waals surface area contributed by atoms with E-state index in [0.717, 1.165) is 6.54 Å². The summed E-state index contributed by atoms with van der Waals surface area (Å²) in [5, 5.41) is 3.35. The summed E-state index contributed by atoms with van der Waals surface area (Å²) >= 11 is 0. The second-order valence-electron chi connectivity index (χ2n) is 3.77. The van der Waals surface area contributed by atoms with Crippen molar-refractivity contribution in [1.82, 2.24) is 5.32 Å². The van der Waals surface area contributed by atoms with Crippen molar-refractivity contribution in [3.8, 4) is 0 Å². The van der Waals surface area contributed by atoms with Crippen LogP contribution in [0.3, 0.4) is 0 Å². The molecule has 0 amide bonds. The summed E-state index contributed by atoms with van der Waals surface area (Å²) in [4.78, 5) is 0. The van der Waals surface area contributed by atoms with Gasteiger partial charge in [-0.3, -0.25) is 0 Å². The number of hydrogen-bond donors (Lipinski definition) is 1. The minimum Gasteiger partial charge on any atom is -0.307 e. The molecule has 1 N–H and O–H groups in total. The van der Waals surface area contributed by atoms with Gasteiger partial charge in [0.25, 0.3) is 0 Å². The van der Waals surface area contributed by atoms with Crippen molar-refractivity contribution in [2.24, 2.45) is 0 Å². The molecule has 12 heavy (non-hydrogen) atoms. The Hall–Kier alpha value is -0.820. The number of rotatable bonds is 1. The number of benzene rings is 1. The topological polar surface area (TPSA) is 21.9 Å². The average molecular weight is 161 g/mol. The normalized spacial score (nSPS) is 21.1. The third-order valence-electron chi connectivity index (χ3n) is 2.49. The lowest BCUT2D eigenvalue weighted by molar-refractivity contribution is 1.03. The molecule has 1 fully saturated rings. The molecule has 0 saturated carbocycles. The maximum Gasteiger partial charge on any atom is 0.0452 e. The van der Waals surface area contributed by atoms with Crippen LogP contribution < -0.4 is 5.32 Å². The molecule has 1 atom stereocenters. The van der Waals surface area contributed by atoms with Gasteiger partial charge in [0, 0.05) is 12.6 Å². The van der Waals surface area contributed by atoms with Crippen molar-refractivity contribution in [1.29, 1.82) is 0 Å². The summed E-state index contributed by atoms with van der Waals surface area (Å²) in [7, 11) is 0. The van der Waals surface area contributed by atoms with E-state index in [1.165, 1.54) is 22.3 Å². The monoisotopic (exact) mass is 161 g/mol. The van der Waals surface area contributed by atoms with Crippen molar-refractivity contribution in [2.75, 3.05) is 6.54 Å². The Morgan fingerprint density at radius 3 is 2.08 bits per heavy atom. The van der Waals surface area contributed by atoms with E-state index in [1.54, 1.807) is 0 Å². The summed E-state index contributed by atoms with van der Waals surface area (Å²) in [5.41, 5.74) is 5.75. The molecule has 1 aliphatic heterocycles. The van der Waals surface area contributed by atoms with Gasteiger partial charge in [0.2, 0.25) is 0 Å². The first kappa shape index (κ1) is 7.81. The second-order valence-corrected chi connectivity index (χ2v) is 3.77. The Kier molecular flexibility index (Phi) is 1.69. The highest BCUT2D eigenvalue weighted by Crippen LogP contribution is 2.28. The summed E-state index contributed by atoms with van der Waals surface area (Å²) in [5.74, 6) is 0. The molecule has 1 aromatic carbocycles. The molecule has 1 aromatic rings. The van der Waals surface area contributed by atoms with E-state index in [1.807, 2.05) is 0 Å². The van der Waals surface area contributed by atoms with E-state index in [0.29, 0.717) is 6.04 Å². The van der Waals surface area contributed by atoms with Gasteiger partial charge in [0.05, 0.1) is 0 Å². The number of hydrogen-bond acceptors (Lipinski definition) is 1. The molecule has 1 saturated heterocycles. The fraction of sp³-hybridized carbons (Fsp3) is 0.455. The van der Waals surface area contributed by atoms with Gasteiger partial charge in [-0.25, -0.2) is 0 Å². The van der Waals surface area contributed by atoms with Crippen molar-refractivity contribution in [3.63, 3.8) is 0 Å². The van der Waals surface area contributed by atoms with Gasteiger partial charge in [0.1, 0.15) is 0 Å². The van der Waals surface area contributed by atoms with E-state index >= 15 is 0 Å². The SMILES string of the molecule is Cc1cc(C)c(C2CN2)c(C)c1. The molecule has 0 radical (unpaired) electrons. The van der Waals surface area contributed by atoms with Crippen LogP contribution in [-0.2, 0) is 0 Å². The highest BCUT2D eigenvalue weighted by atomic mass is 15.1. The van der Waals surface area contributed by atoms with Crippen LogP contribution in [-0.4, -0.2) is 6.54 Å². The van der Waals surface area contributed by atoms with Gasteiger partial charge in [-0.2, -0.15) is 0 Å². The smallest absolute Gasteiger partial charge is 0.0452 e. The van der Waals surface area contributed by atoms with Crippen LogP contribution in [0, 0.1) is 20.8 Å². The first-order chi connectivity index (χ1) is 5.68. The van der Waals surface area contributed by atoms with Crippen LogP contribution in [0.4, 0.5) is 0 Å². The van der Waals surface area contributed by atoms with Crippen LogP contribution in [0.5, 0.6) is 0 Å². The third kappa shape index (κ3) is 1.25. The predicted molar refractivity (Wildman–Crippen MR) is 51.4 cm³/mol. The Morgan fingerprint density at radius 2 is 1.67 bits per heavy atom. The average Bonchev–Trinajstić information content (AvgIpc) is 2.68. The lowest BCUT2D eigenvalue weighted by atomic mass is 9.97. The third-order valence-corrected chi connectivity index (χ3v) is 2.49. The van der Waals surface area contributed by atoms with Crippen molar-refractivity contribution >= 4 is 0 Å². The minimum absolute atomic E-state index is 0.644. The van der Waals surface area contributed by atoms with E-state index in [4.69, 9.17) is 0 Å². The maximum atomic E-state index is 3.35. The number of aryl methyl sites for hydroxylation is 3. The van der Waals surface area contributed by atoms with Crippen LogP contribution in [0.25, 0.3) is 0 Å². The minimum atomic E-state index is 0.644. The van der Waals surface area contributed by atoms with E-state index < -0.39 is 0 Å². The largest absolute Gasteiger partial charge is 0.307 e. The first-order valence-electron chi connectivity index (χ1n) is 4.49. The van der Waals surface area contributed by atoms with Crippen molar-refractivity contribution in [2.45, 2.75) is 26.8 Å². The van der Waals surface area contributed by atoms with Crippen LogP contribution in [0.15, 0.2) is 12.1 Å². The Morgan fingerprint density at radius 1 is 1.17 bits per heavy atom. The zero-order chi connectivity index (χ0) is 8.72. The summed E-state index contributed by atoms with van der Waals surface area (Å²) in [6.07, 6.45) is 0. The lowest BCUT2D eigenvalue weighted by Crippen LogP contribution is -1.94. The fourth-order valence-electron chi connectivity index (χ4n) is 2.00. The molecule has 1 unspecified atom stereocenters. The highest BCUT2D eigenvalue weighted by molar-refractivity contribution is 5.41. The van der Waals surface area contributed by atoms with Gasteiger partial charge in [0.15, 0.2) is 0 Å². The first-order valence-corrected chi connectivity index (χ1v) is 4.49. The van der Waals surface area contributed by atoms with E-state index in [2.05, 4.69) is 38.2 Å². The molecule has 0 spiro atoms. The molecule has 1 nitrogen and oxygen atoms in total. The molecule has 1 aliphatic rings. The molecular formula is C11H15N. The predicted octanol–water partition coefficient (Wildman–Crippen LogP) is 2.26. The molecule has 0 aliphatic carbocycles. The summed E-state index contributed by atoms with van der Waals surface area (Å²) in [6.45, 7) is 7.72. The van der Waals surface area contributed by atoms with Crippen LogP contribution in [0.2, 0.25) is 0 Å². The Bertz CT molecular complexity index is 288. The van der Waals surface area contributed by atoms with Crippen molar-refractivity contribution < 1.29 is 0 Å². The van der Waals surface area contributed by atoms with Gasteiger partial charge in [-0.05, 0) is 37.5 Å². The summed E-state index contributed by atoms with van der Waals surface area (Å²) < 4.78 is 0. The molecular weight excluding hydrogens is 146 g/mol. The summed E-state index contributed by atoms with van der Waals surface area (Å²) in [6, 6.07) is 5.18. The van der Waals surface area contributed by atoms with Crippen molar-refractivity contribution in [3.05, 3.63) is 34.4 Å². The van der Waals surface area contributed by atoms with Gasteiger partial charge >= 0.3 is 0 Å². The zero-order valence-electron chi connectivity index (χ0n) is 7.94. The molecule has 0 bridgehead atoms. The lowest BCUT2D eigenvalue weighted by Gasteiger charge is -2.08. The maximum absolute atomic E-state index is 3.35. The van der Waals surface area contributed by atoms with E-state index in [9.17, 15) is 0 Å². The van der Waals surface area contributed by atoms with Gasteiger partial charge < -0.3 is 5.32 Å². The molecule has 2 rings (SSSR count). The molecule has 0 aromatic heterocycles. The second kappa shape index (κ2) is 2.60. The zero-order valence-corrected chi connectivity index (χ0v) is 7.94. The molecule has 1 heteroatoms. The molecule has 64 valence electrons. The van der Waals surface area contributed by atoms with Gasteiger partial charge in [-0.1, -0.05) is 17.7 Å². The van der Waals surface area contributed by atoms with E-state index in [-0.39, 0.29) is 0 Å². The standard InChI is InChI=1S/C11H15N/c1-7-4-8(2)11(9(3)5-7)10-6-12-10/h4-5,10,12H,6H2,1-3H3. The quantitative estimate of drug-likeness (QED) is 0.627. The fourth-order valence-corrected chi connectivity index (χ4v) is 2.00. The molecule has 1 heterocycles. The van der Waals surface area contributed by atoms with Crippen LogP contribution >= 0.6 is 0 Å². The van der Waals surface area contributed by atoms with Crippen LogP contribution in [0.1, 0.15) is 28.3 Å².